The molecule has 4 atom stereocenters. The standard InChI is InChI=1S/C22H28N2O3/c1-4-14-12-27-21(26-3)22(13-25)17(14)11-19-20-16(9-10-23(19)2)15-7-5-6-8-18(15)24(20)22/h4-8,17,19,21,25H,9-13H2,1-3H3/b14-4+/t17-,19-,21+,22-/m0/s1. The van der Waals surface area contributed by atoms with Crippen molar-refractivity contribution in [3.63, 3.8) is 0 Å². The fourth-order valence-electron chi connectivity index (χ4n) is 5.89. The lowest BCUT2D eigenvalue weighted by Gasteiger charge is -2.56. The molecule has 1 fully saturated rings. The minimum atomic E-state index is -0.628. The lowest BCUT2D eigenvalue weighted by molar-refractivity contribution is -0.231. The van der Waals surface area contributed by atoms with Gasteiger partial charge in [0.05, 0.1) is 19.3 Å². The highest BCUT2D eigenvalue weighted by Gasteiger charge is 2.58. The molecule has 5 rings (SSSR count). The van der Waals surface area contributed by atoms with E-state index in [1.54, 1.807) is 7.11 Å². The number of nitrogens with zero attached hydrogens (tertiary/aromatic N) is 2. The molecule has 3 aliphatic rings. The number of methoxy groups -OCH3 is 1. The van der Waals surface area contributed by atoms with Crippen LogP contribution in [0.1, 0.15) is 30.6 Å². The van der Waals surface area contributed by atoms with E-state index in [-0.39, 0.29) is 12.5 Å². The van der Waals surface area contributed by atoms with Gasteiger partial charge in [-0.2, -0.15) is 0 Å². The lowest BCUT2D eigenvalue weighted by atomic mass is 9.69. The van der Waals surface area contributed by atoms with Gasteiger partial charge in [0.2, 0.25) is 0 Å². The van der Waals surface area contributed by atoms with Crippen molar-refractivity contribution in [3.05, 3.63) is 47.2 Å². The van der Waals surface area contributed by atoms with Gasteiger partial charge in [-0.05, 0) is 44.0 Å². The monoisotopic (exact) mass is 368 g/mol. The van der Waals surface area contributed by atoms with Gasteiger partial charge in [0.25, 0.3) is 0 Å². The molecule has 0 bridgehead atoms. The molecule has 1 N–H and O–H groups in total. The maximum absolute atomic E-state index is 10.8. The second-order valence-corrected chi connectivity index (χ2v) is 8.14. The Kier molecular flexibility index (Phi) is 3.99. The molecular formula is C22H28N2O3. The van der Waals surface area contributed by atoms with E-state index in [2.05, 4.69) is 53.8 Å². The van der Waals surface area contributed by atoms with Gasteiger partial charge in [-0.25, -0.2) is 0 Å². The first-order chi connectivity index (χ1) is 13.2. The zero-order valence-corrected chi connectivity index (χ0v) is 16.3. The maximum Gasteiger partial charge on any atom is 0.183 e. The molecule has 0 aliphatic carbocycles. The average Bonchev–Trinajstić information content (AvgIpc) is 3.05. The smallest absolute Gasteiger partial charge is 0.183 e. The van der Waals surface area contributed by atoms with Crippen molar-refractivity contribution in [2.75, 3.05) is 33.9 Å². The number of ether oxygens (including phenoxy) is 2. The number of hydrogen-bond acceptors (Lipinski definition) is 4. The predicted octanol–water partition coefficient (Wildman–Crippen LogP) is 2.83. The third kappa shape index (κ3) is 2.08. The van der Waals surface area contributed by atoms with Crippen molar-refractivity contribution in [2.24, 2.45) is 5.92 Å². The molecule has 2 aromatic rings. The highest BCUT2D eigenvalue weighted by molar-refractivity contribution is 5.87. The van der Waals surface area contributed by atoms with Crippen LogP contribution in [0.5, 0.6) is 0 Å². The Bertz CT molecular complexity index is 918. The van der Waals surface area contributed by atoms with E-state index in [4.69, 9.17) is 9.47 Å². The number of aliphatic hydroxyl groups excluding tert-OH is 1. The number of allylic oxidation sites excluding steroid dienone is 1. The molecule has 0 spiro atoms. The van der Waals surface area contributed by atoms with Gasteiger partial charge in [-0.15, -0.1) is 0 Å². The van der Waals surface area contributed by atoms with Crippen LogP contribution in [0.25, 0.3) is 10.9 Å². The molecule has 144 valence electrons. The average molecular weight is 368 g/mol. The van der Waals surface area contributed by atoms with Crippen molar-refractivity contribution in [2.45, 2.75) is 37.6 Å². The van der Waals surface area contributed by atoms with Crippen LogP contribution in [0.3, 0.4) is 0 Å². The molecule has 5 heteroatoms. The number of rotatable bonds is 2. The van der Waals surface area contributed by atoms with Crippen LogP contribution in [-0.2, 0) is 21.4 Å². The first-order valence-corrected chi connectivity index (χ1v) is 9.90. The molecule has 1 aromatic carbocycles. The largest absolute Gasteiger partial charge is 0.394 e. The Hall–Kier alpha value is -1.66. The van der Waals surface area contributed by atoms with E-state index in [1.807, 2.05) is 0 Å². The van der Waals surface area contributed by atoms with Crippen LogP contribution in [0.15, 0.2) is 35.9 Å². The Morgan fingerprint density at radius 2 is 2.19 bits per heavy atom. The summed E-state index contributed by atoms with van der Waals surface area (Å²) in [6, 6.07) is 8.97. The van der Waals surface area contributed by atoms with E-state index < -0.39 is 11.8 Å². The summed E-state index contributed by atoms with van der Waals surface area (Å²) >= 11 is 0. The van der Waals surface area contributed by atoms with Gasteiger partial charge in [0, 0.05) is 36.2 Å². The van der Waals surface area contributed by atoms with Crippen molar-refractivity contribution < 1.29 is 14.6 Å². The molecular weight excluding hydrogens is 340 g/mol. The molecule has 0 unspecified atom stereocenters. The zero-order valence-electron chi connectivity index (χ0n) is 16.3. The topological polar surface area (TPSA) is 46.9 Å². The van der Waals surface area contributed by atoms with E-state index in [1.165, 1.54) is 27.7 Å². The fraction of sp³-hybridized carbons (Fsp3) is 0.545. The van der Waals surface area contributed by atoms with Crippen LogP contribution < -0.4 is 0 Å². The summed E-state index contributed by atoms with van der Waals surface area (Å²) in [6.45, 7) is 3.71. The summed E-state index contributed by atoms with van der Waals surface area (Å²) in [5.41, 5.74) is 4.60. The molecule has 1 aromatic heterocycles. The van der Waals surface area contributed by atoms with E-state index in [0.717, 1.165) is 19.4 Å². The fourth-order valence-corrected chi connectivity index (χ4v) is 5.89. The third-order valence-corrected chi connectivity index (χ3v) is 7.16. The quantitative estimate of drug-likeness (QED) is 0.828. The number of hydrogen-bond donors (Lipinski definition) is 1. The predicted molar refractivity (Wildman–Crippen MR) is 105 cm³/mol. The van der Waals surface area contributed by atoms with Gasteiger partial charge in [0.15, 0.2) is 6.29 Å². The summed E-state index contributed by atoms with van der Waals surface area (Å²) in [5, 5.41) is 12.1. The highest BCUT2D eigenvalue weighted by atomic mass is 16.7. The second-order valence-electron chi connectivity index (χ2n) is 8.14. The normalized spacial score (nSPS) is 34.7. The highest BCUT2D eigenvalue weighted by Crippen LogP contribution is 2.55. The molecule has 3 aliphatic heterocycles. The Labute approximate surface area is 160 Å². The summed E-state index contributed by atoms with van der Waals surface area (Å²) in [7, 11) is 3.92. The van der Waals surface area contributed by atoms with E-state index in [9.17, 15) is 5.11 Å². The zero-order chi connectivity index (χ0) is 18.8. The molecule has 1 saturated heterocycles. The number of benzene rings is 1. The van der Waals surface area contributed by atoms with Gasteiger partial charge < -0.3 is 19.1 Å². The van der Waals surface area contributed by atoms with Gasteiger partial charge in [-0.3, -0.25) is 4.90 Å². The van der Waals surface area contributed by atoms with Crippen LogP contribution in [0.4, 0.5) is 0 Å². The minimum Gasteiger partial charge on any atom is -0.394 e. The first-order valence-electron chi connectivity index (χ1n) is 9.90. The van der Waals surface area contributed by atoms with E-state index in [0.29, 0.717) is 12.6 Å². The van der Waals surface area contributed by atoms with Crippen molar-refractivity contribution in [1.82, 2.24) is 9.47 Å². The summed E-state index contributed by atoms with van der Waals surface area (Å²) in [5.74, 6) is 0.188. The van der Waals surface area contributed by atoms with Crippen LogP contribution in [0.2, 0.25) is 0 Å². The number of aliphatic hydroxyl groups is 1. The minimum absolute atomic E-state index is 0.00490. The van der Waals surface area contributed by atoms with Crippen molar-refractivity contribution >= 4 is 10.9 Å². The van der Waals surface area contributed by atoms with Crippen LogP contribution >= 0.6 is 0 Å². The third-order valence-electron chi connectivity index (χ3n) is 7.16. The van der Waals surface area contributed by atoms with Crippen LogP contribution in [0, 0.1) is 5.92 Å². The van der Waals surface area contributed by atoms with Crippen molar-refractivity contribution in [1.29, 1.82) is 0 Å². The van der Waals surface area contributed by atoms with Gasteiger partial charge in [0.1, 0.15) is 5.54 Å². The molecule has 0 saturated carbocycles. The van der Waals surface area contributed by atoms with Crippen LogP contribution in [-0.4, -0.2) is 54.8 Å². The van der Waals surface area contributed by atoms with Crippen molar-refractivity contribution in [3.8, 4) is 0 Å². The summed E-state index contributed by atoms with van der Waals surface area (Å²) in [6.07, 6.45) is 3.73. The number of aromatic nitrogens is 1. The number of para-hydroxylation sites is 1. The Morgan fingerprint density at radius 3 is 2.93 bits per heavy atom. The number of fused-ring (bicyclic) bond motifs is 5. The molecule has 27 heavy (non-hydrogen) atoms. The first kappa shape index (κ1) is 17.4. The maximum atomic E-state index is 10.8. The molecule has 0 amide bonds. The number of likely N-dealkylation sites (N-methyl/N-ethyl adjacent to an activating group) is 1. The Morgan fingerprint density at radius 1 is 1.37 bits per heavy atom. The van der Waals surface area contributed by atoms with Gasteiger partial charge in [-0.1, -0.05) is 24.3 Å². The summed E-state index contributed by atoms with van der Waals surface area (Å²) < 4.78 is 14.4. The molecule has 5 nitrogen and oxygen atoms in total. The molecule has 0 radical (unpaired) electrons. The lowest BCUT2D eigenvalue weighted by Crippen LogP contribution is -2.63. The summed E-state index contributed by atoms with van der Waals surface area (Å²) in [4.78, 5) is 2.48. The second kappa shape index (κ2) is 6.17. The van der Waals surface area contributed by atoms with Gasteiger partial charge >= 0.3 is 0 Å². The Balaban J connectivity index is 1.89. The molecule has 4 heterocycles. The van der Waals surface area contributed by atoms with E-state index >= 15 is 0 Å². The SMILES string of the molecule is C/C=C1\CO[C@@H](OC)[C@]2(CO)[C@H]1C[C@H]1c3c(c4ccccc4n32)CCN1C.